The van der Waals surface area contributed by atoms with E-state index in [1.807, 2.05) is 17.0 Å². The average Bonchev–Trinajstić information content (AvgIpc) is 2.64. The van der Waals surface area contributed by atoms with E-state index in [9.17, 15) is 9.70 Å². The number of amides is 2. The standard InChI is InChI=1S/C17H25N5O2/c1-20-8-6-14(7-9-20)18-17(23)22-12-10-21(11-13-22)16-4-2-15(19-24)3-5-16/h2-5,14H,6-13H2,1H3,(H,18,23). The van der Waals surface area contributed by atoms with Crippen molar-refractivity contribution in [2.45, 2.75) is 18.9 Å². The molecule has 2 fully saturated rings. The summed E-state index contributed by atoms with van der Waals surface area (Å²) < 4.78 is 0. The third kappa shape index (κ3) is 4.03. The highest BCUT2D eigenvalue weighted by molar-refractivity contribution is 5.75. The van der Waals surface area contributed by atoms with Gasteiger partial charge in [-0.05, 0) is 62.4 Å². The molecule has 1 N–H and O–H groups in total. The zero-order valence-electron chi connectivity index (χ0n) is 14.1. The molecule has 0 aromatic heterocycles. The van der Waals surface area contributed by atoms with Crippen molar-refractivity contribution < 1.29 is 4.79 Å². The number of carbonyl (C=O) groups excluding carboxylic acids is 1. The minimum atomic E-state index is 0.0599. The van der Waals surface area contributed by atoms with Crippen LogP contribution in [0.4, 0.5) is 16.2 Å². The molecule has 0 bridgehead atoms. The van der Waals surface area contributed by atoms with Gasteiger partial charge in [0.1, 0.15) is 5.69 Å². The fourth-order valence-corrected chi connectivity index (χ4v) is 3.31. The van der Waals surface area contributed by atoms with Gasteiger partial charge in [-0.3, -0.25) is 0 Å². The summed E-state index contributed by atoms with van der Waals surface area (Å²) in [4.78, 5) is 29.3. The van der Waals surface area contributed by atoms with Gasteiger partial charge >= 0.3 is 6.03 Å². The minimum absolute atomic E-state index is 0.0599. The SMILES string of the molecule is CN1CCC(NC(=O)N2CCN(c3ccc(N=O)cc3)CC2)CC1. The second-order valence-corrected chi connectivity index (χ2v) is 6.61. The van der Waals surface area contributed by atoms with E-state index in [0.29, 0.717) is 24.8 Å². The Labute approximate surface area is 142 Å². The Balaban J connectivity index is 1.47. The highest BCUT2D eigenvalue weighted by Crippen LogP contribution is 2.21. The van der Waals surface area contributed by atoms with Crippen LogP contribution in [0.2, 0.25) is 0 Å². The molecule has 1 aromatic carbocycles. The van der Waals surface area contributed by atoms with Gasteiger partial charge in [0, 0.05) is 37.9 Å². The van der Waals surface area contributed by atoms with Crippen molar-refractivity contribution in [3.8, 4) is 0 Å². The van der Waals surface area contributed by atoms with E-state index in [-0.39, 0.29) is 6.03 Å². The first-order chi connectivity index (χ1) is 11.7. The summed E-state index contributed by atoms with van der Waals surface area (Å²) in [6.07, 6.45) is 2.05. The van der Waals surface area contributed by atoms with E-state index < -0.39 is 0 Å². The van der Waals surface area contributed by atoms with Gasteiger partial charge in [0.2, 0.25) is 0 Å². The Bertz CT molecular complexity index is 561. The molecule has 2 heterocycles. The molecule has 0 aliphatic carbocycles. The smallest absolute Gasteiger partial charge is 0.317 e. The molecule has 0 unspecified atom stereocenters. The molecule has 0 atom stereocenters. The molecule has 24 heavy (non-hydrogen) atoms. The Morgan fingerprint density at radius 1 is 1.04 bits per heavy atom. The summed E-state index contributed by atoms with van der Waals surface area (Å²) in [7, 11) is 2.12. The first-order valence-corrected chi connectivity index (χ1v) is 8.58. The van der Waals surface area contributed by atoms with Crippen molar-refractivity contribution in [3.05, 3.63) is 29.2 Å². The van der Waals surface area contributed by atoms with Crippen molar-refractivity contribution in [1.82, 2.24) is 15.1 Å². The second kappa shape index (κ2) is 7.61. The average molecular weight is 331 g/mol. The van der Waals surface area contributed by atoms with Gasteiger partial charge in [0.25, 0.3) is 0 Å². The molecule has 2 amide bonds. The highest BCUT2D eigenvalue weighted by Gasteiger charge is 2.24. The van der Waals surface area contributed by atoms with E-state index in [1.165, 1.54) is 0 Å². The topological polar surface area (TPSA) is 68.2 Å². The largest absolute Gasteiger partial charge is 0.368 e. The summed E-state index contributed by atoms with van der Waals surface area (Å²) in [5.41, 5.74) is 1.51. The first-order valence-electron chi connectivity index (χ1n) is 8.58. The molecule has 130 valence electrons. The van der Waals surface area contributed by atoms with Crippen LogP contribution < -0.4 is 10.2 Å². The van der Waals surface area contributed by atoms with Crippen LogP contribution in [0, 0.1) is 4.91 Å². The van der Waals surface area contributed by atoms with Gasteiger partial charge in [-0.2, -0.15) is 0 Å². The lowest BCUT2D eigenvalue weighted by molar-refractivity contribution is 0.178. The van der Waals surface area contributed by atoms with E-state index in [1.54, 1.807) is 12.1 Å². The van der Waals surface area contributed by atoms with Crippen LogP contribution in [0.25, 0.3) is 0 Å². The lowest BCUT2D eigenvalue weighted by Gasteiger charge is -2.37. The predicted molar refractivity (Wildman–Crippen MR) is 94.7 cm³/mol. The third-order valence-corrected chi connectivity index (χ3v) is 4.93. The van der Waals surface area contributed by atoms with Gasteiger partial charge in [0.05, 0.1) is 0 Å². The number of carbonyl (C=O) groups is 1. The molecule has 0 spiro atoms. The number of likely N-dealkylation sites (tertiary alicyclic amines) is 1. The Hall–Kier alpha value is -2.15. The van der Waals surface area contributed by atoms with Crippen LogP contribution >= 0.6 is 0 Å². The van der Waals surface area contributed by atoms with Crippen molar-refractivity contribution in [2.75, 3.05) is 51.2 Å². The number of piperidine rings is 1. The first kappa shape index (κ1) is 16.7. The van der Waals surface area contributed by atoms with Gasteiger partial charge in [-0.25, -0.2) is 4.79 Å². The molecule has 0 saturated carbocycles. The van der Waals surface area contributed by atoms with Crippen molar-refractivity contribution in [3.63, 3.8) is 0 Å². The molecule has 0 radical (unpaired) electrons. The minimum Gasteiger partial charge on any atom is -0.368 e. The lowest BCUT2D eigenvalue weighted by atomic mass is 10.1. The molecule has 1 aromatic rings. The van der Waals surface area contributed by atoms with E-state index in [0.717, 1.165) is 44.7 Å². The number of nitroso groups, excluding NO2 is 1. The molecule has 2 saturated heterocycles. The molecule has 3 rings (SSSR count). The summed E-state index contributed by atoms with van der Waals surface area (Å²) in [6.45, 7) is 5.12. The van der Waals surface area contributed by atoms with Gasteiger partial charge in [-0.15, -0.1) is 4.91 Å². The Kier molecular flexibility index (Phi) is 5.30. The summed E-state index contributed by atoms with van der Waals surface area (Å²) >= 11 is 0. The number of rotatable bonds is 3. The van der Waals surface area contributed by atoms with E-state index >= 15 is 0 Å². The monoisotopic (exact) mass is 331 g/mol. The van der Waals surface area contributed by atoms with Crippen LogP contribution in [0.1, 0.15) is 12.8 Å². The summed E-state index contributed by atoms with van der Waals surface area (Å²) in [5.74, 6) is 0. The van der Waals surface area contributed by atoms with Crippen LogP contribution in [0.15, 0.2) is 29.4 Å². The molecule has 2 aliphatic heterocycles. The van der Waals surface area contributed by atoms with Crippen LogP contribution in [-0.2, 0) is 0 Å². The van der Waals surface area contributed by atoms with Crippen LogP contribution in [0.5, 0.6) is 0 Å². The van der Waals surface area contributed by atoms with Gasteiger partial charge in [0.15, 0.2) is 0 Å². The van der Waals surface area contributed by atoms with Gasteiger partial charge in [-0.1, -0.05) is 0 Å². The number of benzene rings is 1. The maximum atomic E-state index is 12.4. The fourth-order valence-electron chi connectivity index (χ4n) is 3.31. The number of hydrogen-bond donors (Lipinski definition) is 1. The quantitative estimate of drug-likeness (QED) is 0.860. The fraction of sp³-hybridized carbons (Fsp3) is 0.588. The zero-order valence-corrected chi connectivity index (χ0v) is 14.1. The number of anilines is 1. The van der Waals surface area contributed by atoms with Crippen molar-refractivity contribution >= 4 is 17.4 Å². The molecule has 7 nitrogen and oxygen atoms in total. The van der Waals surface area contributed by atoms with Gasteiger partial charge < -0.3 is 20.0 Å². The summed E-state index contributed by atoms with van der Waals surface area (Å²) in [6, 6.07) is 7.62. The van der Waals surface area contributed by atoms with Crippen molar-refractivity contribution in [2.24, 2.45) is 5.18 Å². The Morgan fingerprint density at radius 3 is 2.25 bits per heavy atom. The second-order valence-electron chi connectivity index (χ2n) is 6.61. The van der Waals surface area contributed by atoms with Crippen molar-refractivity contribution in [1.29, 1.82) is 0 Å². The van der Waals surface area contributed by atoms with E-state index in [4.69, 9.17) is 0 Å². The molecule has 7 heteroatoms. The molecule has 2 aliphatic rings. The maximum Gasteiger partial charge on any atom is 0.317 e. The number of nitrogens with zero attached hydrogens (tertiary/aromatic N) is 4. The predicted octanol–water partition coefficient (Wildman–Crippen LogP) is 2.01. The Morgan fingerprint density at radius 2 is 1.67 bits per heavy atom. The number of hydrogen-bond acceptors (Lipinski definition) is 5. The van der Waals surface area contributed by atoms with E-state index in [2.05, 4.69) is 27.3 Å². The number of urea groups is 1. The molecular formula is C17H25N5O2. The molecular weight excluding hydrogens is 306 g/mol. The zero-order chi connectivity index (χ0) is 16.9. The number of nitrogens with one attached hydrogen (secondary N) is 1. The van der Waals surface area contributed by atoms with Crippen LogP contribution in [0.3, 0.4) is 0 Å². The lowest BCUT2D eigenvalue weighted by Crippen LogP contribution is -2.54. The maximum absolute atomic E-state index is 12.4. The highest BCUT2D eigenvalue weighted by atomic mass is 16.3. The van der Waals surface area contributed by atoms with Crippen LogP contribution in [-0.4, -0.2) is 68.2 Å². The number of piperazine rings is 1. The summed E-state index contributed by atoms with van der Waals surface area (Å²) in [5, 5.41) is 6.09. The normalized spacial score (nSPS) is 20.0. The third-order valence-electron chi connectivity index (χ3n) is 4.93.